The summed E-state index contributed by atoms with van der Waals surface area (Å²) in [6.45, 7) is 7.68. The lowest BCUT2D eigenvalue weighted by Gasteiger charge is -2.24. The van der Waals surface area contributed by atoms with Crippen molar-refractivity contribution in [1.29, 1.82) is 0 Å². The Kier molecular flexibility index (Phi) is 4.15. The Morgan fingerprint density at radius 1 is 1.43 bits per heavy atom. The van der Waals surface area contributed by atoms with Crippen molar-refractivity contribution in [3.8, 4) is 5.75 Å². The Balaban J connectivity index is 1.48. The van der Waals surface area contributed by atoms with Crippen molar-refractivity contribution in [2.45, 2.75) is 26.3 Å². The van der Waals surface area contributed by atoms with E-state index < -0.39 is 0 Å². The molecule has 2 aliphatic rings. The minimum Gasteiger partial charge on any atom is -0.493 e. The molecule has 4 nitrogen and oxygen atoms in total. The van der Waals surface area contributed by atoms with E-state index in [0.29, 0.717) is 30.9 Å². The van der Waals surface area contributed by atoms with Gasteiger partial charge in [-0.3, -0.25) is 4.79 Å². The highest BCUT2D eigenvalue weighted by Gasteiger charge is 2.43. The molecule has 0 spiro atoms. The van der Waals surface area contributed by atoms with Crippen molar-refractivity contribution in [2.24, 2.45) is 11.8 Å². The van der Waals surface area contributed by atoms with Crippen molar-refractivity contribution in [2.75, 3.05) is 26.2 Å². The van der Waals surface area contributed by atoms with Gasteiger partial charge < -0.3 is 15.0 Å². The van der Waals surface area contributed by atoms with Gasteiger partial charge in [-0.25, -0.2) is 0 Å². The van der Waals surface area contributed by atoms with Crippen LogP contribution in [0.15, 0.2) is 24.3 Å². The fourth-order valence-corrected chi connectivity index (χ4v) is 3.60. The van der Waals surface area contributed by atoms with Gasteiger partial charge in [-0.15, -0.1) is 0 Å². The molecule has 0 aromatic heterocycles. The zero-order chi connectivity index (χ0) is 14.8. The van der Waals surface area contributed by atoms with Crippen LogP contribution in [0, 0.1) is 18.8 Å². The Bertz CT molecular complexity index is 517. The molecule has 0 saturated carbocycles. The van der Waals surface area contributed by atoms with E-state index in [-0.39, 0.29) is 5.91 Å². The topological polar surface area (TPSA) is 41.6 Å². The molecule has 1 N–H and O–H groups in total. The molecule has 0 bridgehead atoms. The first-order valence-electron chi connectivity index (χ1n) is 7.85. The molecule has 4 heteroatoms. The SMILES string of the molecule is Cc1cccc(OCCC(=O)N2CC3CNCC3C2C)c1. The fourth-order valence-electron chi connectivity index (χ4n) is 3.60. The maximum absolute atomic E-state index is 12.4. The zero-order valence-corrected chi connectivity index (χ0v) is 12.8. The van der Waals surface area contributed by atoms with Crippen molar-refractivity contribution in [1.82, 2.24) is 10.2 Å². The number of benzene rings is 1. The minimum absolute atomic E-state index is 0.226. The first-order valence-corrected chi connectivity index (χ1v) is 7.85. The summed E-state index contributed by atoms with van der Waals surface area (Å²) < 4.78 is 5.69. The van der Waals surface area contributed by atoms with Crippen LogP contribution in [-0.2, 0) is 4.79 Å². The van der Waals surface area contributed by atoms with E-state index in [9.17, 15) is 4.79 Å². The molecule has 1 amide bonds. The van der Waals surface area contributed by atoms with Gasteiger partial charge in [-0.2, -0.15) is 0 Å². The summed E-state index contributed by atoms with van der Waals surface area (Å²) >= 11 is 0. The highest BCUT2D eigenvalue weighted by molar-refractivity contribution is 5.77. The van der Waals surface area contributed by atoms with E-state index in [1.54, 1.807) is 0 Å². The lowest BCUT2D eigenvalue weighted by molar-refractivity contribution is -0.132. The van der Waals surface area contributed by atoms with E-state index in [0.717, 1.165) is 25.4 Å². The summed E-state index contributed by atoms with van der Waals surface area (Å²) in [4.78, 5) is 14.4. The maximum Gasteiger partial charge on any atom is 0.226 e. The predicted octanol–water partition coefficient (Wildman–Crippen LogP) is 1.83. The standard InChI is InChI=1S/C17H24N2O2/c1-12-4-3-5-15(8-12)21-7-6-17(20)19-11-14-9-18-10-16(14)13(19)2/h3-5,8,13-14,16,18H,6-7,9-11H2,1-2H3. The number of carbonyl (C=O) groups excluding carboxylic acids is 1. The molecular weight excluding hydrogens is 264 g/mol. The van der Waals surface area contributed by atoms with Gasteiger partial charge in [0.15, 0.2) is 0 Å². The molecule has 3 atom stereocenters. The Hall–Kier alpha value is -1.55. The van der Waals surface area contributed by atoms with Crippen LogP contribution in [0.5, 0.6) is 5.75 Å². The number of hydrogen-bond acceptors (Lipinski definition) is 3. The maximum atomic E-state index is 12.4. The fraction of sp³-hybridized carbons (Fsp3) is 0.588. The first kappa shape index (κ1) is 14.4. The summed E-state index contributed by atoms with van der Waals surface area (Å²) in [7, 11) is 0. The van der Waals surface area contributed by atoms with Crippen LogP contribution < -0.4 is 10.1 Å². The van der Waals surface area contributed by atoms with Crippen molar-refractivity contribution in [3.05, 3.63) is 29.8 Å². The second-order valence-corrected chi connectivity index (χ2v) is 6.28. The number of rotatable bonds is 4. The summed E-state index contributed by atoms with van der Waals surface area (Å²) in [5.74, 6) is 2.34. The number of nitrogens with one attached hydrogen (secondary N) is 1. The molecular formula is C17H24N2O2. The number of carbonyl (C=O) groups is 1. The van der Waals surface area contributed by atoms with E-state index in [1.165, 1.54) is 5.56 Å². The van der Waals surface area contributed by atoms with Gasteiger partial charge in [0.1, 0.15) is 5.75 Å². The van der Waals surface area contributed by atoms with Gasteiger partial charge >= 0.3 is 0 Å². The van der Waals surface area contributed by atoms with Crippen LogP contribution in [0.3, 0.4) is 0 Å². The van der Waals surface area contributed by atoms with Gasteiger partial charge in [0.05, 0.1) is 13.0 Å². The molecule has 1 aromatic rings. The van der Waals surface area contributed by atoms with Crippen LogP contribution in [0.1, 0.15) is 18.9 Å². The zero-order valence-electron chi connectivity index (χ0n) is 12.8. The van der Waals surface area contributed by atoms with Crippen molar-refractivity contribution >= 4 is 5.91 Å². The van der Waals surface area contributed by atoms with Gasteiger partial charge in [0, 0.05) is 25.7 Å². The lowest BCUT2D eigenvalue weighted by atomic mass is 9.95. The highest BCUT2D eigenvalue weighted by Crippen LogP contribution is 2.32. The third-order valence-corrected chi connectivity index (χ3v) is 4.83. The van der Waals surface area contributed by atoms with Crippen LogP contribution in [-0.4, -0.2) is 43.1 Å². The molecule has 0 aliphatic carbocycles. The highest BCUT2D eigenvalue weighted by atomic mass is 16.5. The minimum atomic E-state index is 0.226. The summed E-state index contributed by atoms with van der Waals surface area (Å²) in [6, 6.07) is 8.31. The number of ether oxygens (including phenoxy) is 1. The van der Waals surface area contributed by atoms with Gasteiger partial charge in [0.25, 0.3) is 0 Å². The number of fused-ring (bicyclic) bond motifs is 1. The largest absolute Gasteiger partial charge is 0.493 e. The number of likely N-dealkylation sites (tertiary alicyclic amines) is 1. The van der Waals surface area contributed by atoms with Gasteiger partial charge in [-0.1, -0.05) is 12.1 Å². The molecule has 1 aromatic carbocycles. The molecule has 3 rings (SSSR count). The molecule has 0 radical (unpaired) electrons. The molecule has 2 heterocycles. The first-order chi connectivity index (χ1) is 10.1. The smallest absolute Gasteiger partial charge is 0.226 e. The molecule has 2 fully saturated rings. The third kappa shape index (κ3) is 3.05. The van der Waals surface area contributed by atoms with E-state index in [1.807, 2.05) is 31.2 Å². The van der Waals surface area contributed by atoms with E-state index >= 15 is 0 Å². The molecule has 21 heavy (non-hydrogen) atoms. The average Bonchev–Trinajstić information content (AvgIpc) is 3.02. The van der Waals surface area contributed by atoms with Crippen LogP contribution in [0.2, 0.25) is 0 Å². The summed E-state index contributed by atoms with van der Waals surface area (Å²) in [5, 5.41) is 3.42. The van der Waals surface area contributed by atoms with Gasteiger partial charge in [0.2, 0.25) is 5.91 Å². The van der Waals surface area contributed by atoms with E-state index in [2.05, 4.69) is 17.1 Å². The van der Waals surface area contributed by atoms with E-state index in [4.69, 9.17) is 4.74 Å². The number of aryl methyl sites for hydroxylation is 1. The quantitative estimate of drug-likeness (QED) is 0.919. The number of nitrogens with zero attached hydrogens (tertiary/aromatic N) is 1. The second kappa shape index (κ2) is 6.06. The van der Waals surface area contributed by atoms with Crippen LogP contribution in [0.25, 0.3) is 0 Å². The molecule has 3 unspecified atom stereocenters. The van der Waals surface area contributed by atoms with Crippen molar-refractivity contribution in [3.63, 3.8) is 0 Å². The summed E-state index contributed by atoms with van der Waals surface area (Å²) in [6.07, 6.45) is 0.463. The third-order valence-electron chi connectivity index (χ3n) is 4.83. The molecule has 2 aliphatic heterocycles. The molecule has 114 valence electrons. The number of amides is 1. The lowest BCUT2D eigenvalue weighted by Crippen LogP contribution is -2.38. The Morgan fingerprint density at radius 2 is 2.29 bits per heavy atom. The van der Waals surface area contributed by atoms with Crippen LogP contribution >= 0.6 is 0 Å². The monoisotopic (exact) mass is 288 g/mol. The Morgan fingerprint density at radius 3 is 3.05 bits per heavy atom. The van der Waals surface area contributed by atoms with Gasteiger partial charge in [-0.05, 0) is 43.4 Å². The normalized spacial score (nSPS) is 27.7. The van der Waals surface area contributed by atoms with Crippen molar-refractivity contribution < 1.29 is 9.53 Å². The summed E-state index contributed by atoms with van der Waals surface area (Å²) in [5.41, 5.74) is 1.17. The number of hydrogen-bond donors (Lipinski definition) is 1. The van der Waals surface area contributed by atoms with Crippen LogP contribution in [0.4, 0.5) is 0 Å². The Labute approximate surface area is 126 Å². The average molecular weight is 288 g/mol. The predicted molar refractivity (Wildman–Crippen MR) is 82.3 cm³/mol. The molecule has 2 saturated heterocycles. The second-order valence-electron chi connectivity index (χ2n) is 6.28.